The zero-order chi connectivity index (χ0) is 18.5. The smallest absolute Gasteiger partial charge is 0.251 e. The standard InChI is InChI=1S/C20H23N5O/c1-14(2)24-20(26)19-9-6-17(10-15(19)3)22-11-16-4-7-18(8-5-16)25-13-21-12-23-25/h4-10,12-14,22H,11H2,1-3H3,(H,24,26). The van der Waals surface area contributed by atoms with E-state index in [9.17, 15) is 4.79 Å². The van der Waals surface area contributed by atoms with Gasteiger partial charge in [0.2, 0.25) is 0 Å². The van der Waals surface area contributed by atoms with Gasteiger partial charge in [-0.15, -0.1) is 0 Å². The summed E-state index contributed by atoms with van der Waals surface area (Å²) in [4.78, 5) is 16.1. The van der Waals surface area contributed by atoms with Crippen molar-refractivity contribution in [3.8, 4) is 5.69 Å². The van der Waals surface area contributed by atoms with Crippen molar-refractivity contribution in [1.82, 2.24) is 20.1 Å². The molecule has 0 atom stereocenters. The van der Waals surface area contributed by atoms with Crippen LogP contribution < -0.4 is 10.6 Å². The Kier molecular flexibility index (Phi) is 5.31. The average molecular weight is 349 g/mol. The van der Waals surface area contributed by atoms with Crippen LogP contribution in [0, 0.1) is 6.92 Å². The lowest BCUT2D eigenvalue weighted by Gasteiger charge is -2.13. The van der Waals surface area contributed by atoms with Gasteiger partial charge >= 0.3 is 0 Å². The molecule has 0 bridgehead atoms. The fourth-order valence-corrected chi connectivity index (χ4v) is 2.68. The van der Waals surface area contributed by atoms with Crippen LogP contribution >= 0.6 is 0 Å². The Morgan fingerprint density at radius 2 is 1.92 bits per heavy atom. The van der Waals surface area contributed by atoms with Gasteiger partial charge in [0.1, 0.15) is 12.7 Å². The summed E-state index contributed by atoms with van der Waals surface area (Å²) in [5.74, 6) is -0.0345. The van der Waals surface area contributed by atoms with Gasteiger partial charge in [-0.25, -0.2) is 9.67 Å². The number of carbonyl (C=O) groups is 1. The molecule has 0 aliphatic heterocycles. The minimum Gasteiger partial charge on any atom is -0.381 e. The highest BCUT2D eigenvalue weighted by Gasteiger charge is 2.10. The van der Waals surface area contributed by atoms with Gasteiger partial charge in [-0.2, -0.15) is 5.10 Å². The molecule has 1 amide bonds. The van der Waals surface area contributed by atoms with Crippen molar-refractivity contribution in [3.05, 3.63) is 71.8 Å². The maximum atomic E-state index is 12.2. The molecule has 1 heterocycles. The Bertz CT molecular complexity index is 870. The third kappa shape index (κ3) is 4.27. The van der Waals surface area contributed by atoms with E-state index in [4.69, 9.17) is 0 Å². The molecule has 0 spiro atoms. The lowest BCUT2D eigenvalue weighted by molar-refractivity contribution is 0.0942. The molecule has 0 saturated carbocycles. The van der Waals surface area contributed by atoms with Gasteiger partial charge in [0.05, 0.1) is 5.69 Å². The highest BCUT2D eigenvalue weighted by molar-refractivity contribution is 5.96. The zero-order valence-electron chi connectivity index (χ0n) is 15.2. The molecule has 1 aromatic heterocycles. The van der Waals surface area contributed by atoms with Crippen molar-refractivity contribution in [1.29, 1.82) is 0 Å². The van der Waals surface area contributed by atoms with Crippen LogP contribution in [0.25, 0.3) is 5.69 Å². The molecular weight excluding hydrogens is 326 g/mol. The largest absolute Gasteiger partial charge is 0.381 e. The van der Waals surface area contributed by atoms with Crippen molar-refractivity contribution in [2.75, 3.05) is 5.32 Å². The number of hydrogen-bond acceptors (Lipinski definition) is 4. The van der Waals surface area contributed by atoms with Gasteiger partial charge in [0.25, 0.3) is 5.91 Å². The van der Waals surface area contributed by atoms with Crippen LogP contribution in [0.5, 0.6) is 0 Å². The Morgan fingerprint density at radius 1 is 1.15 bits per heavy atom. The van der Waals surface area contributed by atoms with Crippen LogP contribution in [0.2, 0.25) is 0 Å². The maximum absolute atomic E-state index is 12.2. The first-order valence-corrected chi connectivity index (χ1v) is 8.62. The van der Waals surface area contributed by atoms with Crippen LogP contribution in [0.3, 0.4) is 0 Å². The summed E-state index contributed by atoms with van der Waals surface area (Å²) < 4.78 is 1.72. The first kappa shape index (κ1) is 17.7. The minimum absolute atomic E-state index is 0.0345. The second-order valence-electron chi connectivity index (χ2n) is 6.52. The first-order valence-electron chi connectivity index (χ1n) is 8.62. The highest BCUT2D eigenvalue weighted by Crippen LogP contribution is 2.17. The van der Waals surface area contributed by atoms with E-state index in [-0.39, 0.29) is 11.9 Å². The normalized spacial score (nSPS) is 10.8. The Balaban J connectivity index is 1.63. The predicted octanol–water partition coefficient (Wildman–Crippen LogP) is 3.33. The minimum atomic E-state index is -0.0345. The fraction of sp³-hybridized carbons (Fsp3) is 0.250. The van der Waals surface area contributed by atoms with E-state index < -0.39 is 0 Å². The van der Waals surface area contributed by atoms with E-state index in [1.54, 1.807) is 11.0 Å². The number of rotatable bonds is 6. The monoisotopic (exact) mass is 349 g/mol. The predicted molar refractivity (Wildman–Crippen MR) is 102 cm³/mol. The lowest BCUT2D eigenvalue weighted by atomic mass is 10.1. The van der Waals surface area contributed by atoms with E-state index in [1.807, 2.05) is 51.1 Å². The summed E-state index contributed by atoms with van der Waals surface area (Å²) in [6.45, 7) is 6.57. The van der Waals surface area contributed by atoms with E-state index in [0.29, 0.717) is 12.1 Å². The fourth-order valence-electron chi connectivity index (χ4n) is 2.68. The van der Waals surface area contributed by atoms with Crippen molar-refractivity contribution in [2.45, 2.75) is 33.4 Å². The molecule has 0 fully saturated rings. The molecule has 2 aromatic carbocycles. The molecule has 0 unspecified atom stereocenters. The summed E-state index contributed by atoms with van der Waals surface area (Å²) in [6, 6.07) is 14.1. The second kappa shape index (κ2) is 7.82. The molecule has 6 heteroatoms. The number of amides is 1. The van der Waals surface area contributed by atoms with Crippen LogP contribution in [0.4, 0.5) is 5.69 Å². The number of aryl methyl sites for hydroxylation is 1. The van der Waals surface area contributed by atoms with Crippen molar-refractivity contribution in [3.63, 3.8) is 0 Å². The van der Waals surface area contributed by atoms with Gasteiger partial charge < -0.3 is 10.6 Å². The number of nitrogens with one attached hydrogen (secondary N) is 2. The van der Waals surface area contributed by atoms with Crippen LogP contribution in [0.1, 0.15) is 35.3 Å². The Hall–Kier alpha value is -3.15. The van der Waals surface area contributed by atoms with Crippen LogP contribution in [0.15, 0.2) is 55.1 Å². The van der Waals surface area contributed by atoms with Gasteiger partial charge in [-0.1, -0.05) is 12.1 Å². The highest BCUT2D eigenvalue weighted by atomic mass is 16.1. The number of hydrogen-bond donors (Lipinski definition) is 2. The number of anilines is 1. The molecule has 0 aliphatic carbocycles. The number of benzene rings is 2. The molecule has 0 saturated heterocycles. The Labute approximate surface area is 153 Å². The summed E-state index contributed by atoms with van der Waals surface area (Å²) in [6.07, 6.45) is 3.19. The van der Waals surface area contributed by atoms with Crippen molar-refractivity contribution < 1.29 is 4.79 Å². The van der Waals surface area contributed by atoms with Gasteiger partial charge in [0, 0.05) is 23.8 Å². The van der Waals surface area contributed by atoms with Crippen molar-refractivity contribution >= 4 is 11.6 Å². The average Bonchev–Trinajstić information content (AvgIpc) is 3.14. The molecule has 3 aromatic rings. The number of nitrogens with zero attached hydrogens (tertiary/aromatic N) is 3. The second-order valence-corrected chi connectivity index (χ2v) is 6.52. The van der Waals surface area contributed by atoms with Gasteiger partial charge in [-0.3, -0.25) is 4.79 Å². The van der Waals surface area contributed by atoms with Crippen molar-refractivity contribution in [2.24, 2.45) is 0 Å². The van der Waals surface area contributed by atoms with E-state index >= 15 is 0 Å². The summed E-state index contributed by atoms with van der Waals surface area (Å²) in [7, 11) is 0. The summed E-state index contributed by atoms with van der Waals surface area (Å²) in [5.41, 5.74) is 4.79. The first-order chi connectivity index (χ1) is 12.5. The lowest BCUT2D eigenvalue weighted by Crippen LogP contribution is -2.30. The molecule has 134 valence electrons. The molecule has 3 rings (SSSR count). The third-order valence-corrected chi connectivity index (χ3v) is 4.01. The molecular formula is C20H23N5O. The molecule has 2 N–H and O–H groups in total. The number of carbonyl (C=O) groups excluding carboxylic acids is 1. The van der Waals surface area contributed by atoms with E-state index in [1.165, 1.54) is 6.33 Å². The third-order valence-electron chi connectivity index (χ3n) is 4.01. The van der Waals surface area contributed by atoms with Gasteiger partial charge in [-0.05, 0) is 62.2 Å². The van der Waals surface area contributed by atoms with E-state index in [2.05, 4.69) is 32.8 Å². The SMILES string of the molecule is Cc1cc(NCc2ccc(-n3cncn3)cc2)ccc1C(=O)NC(C)C. The van der Waals surface area contributed by atoms with Crippen LogP contribution in [-0.2, 0) is 6.54 Å². The zero-order valence-corrected chi connectivity index (χ0v) is 15.2. The molecule has 6 nitrogen and oxygen atoms in total. The summed E-state index contributed by atoms with van der Waals surface area (Å²) >= 11 is 0. The quantitative estimate of drug-likeness (QED) is 0.716. The van der Waals surface area contributed by atoms with Gasteiger partial charge in [0.15, 0.2) is 0 Å². The molecule has 26 heavy (non-hydrogen) atoms. The molecule has 0 aliphatic rings. The Morgan fingerprint density at radius 3 is 2.54 bits per heavy atom. The maximum Gasteiger partial charge on any atom is 0.251 e. The summed E-state index contributed by atoms with van der Waals surface area (Å²) in [5, 5.41) is 10.4. The van der Waals surface area contributed by atoms with E-state index in [0.717, 1.165) is 22.5 Å². The topological polar surface area (TPSA) is 71.8 Å². The van der Waals surface area contributed by atoms with Crippen LogP contribution in [-0.4, -0.2) is 26.7 Å². The molecule has 0 radical (unpaired) electrons. The number of aromatic nitrogens is 3.